The molecule has 0 bridgehead atoms. The van der Waals surface area contributed by atoms with Crippen molar-refractivity contribution in [2.45, 2.75) is 0 Å². The number of carbonyl (C=O) groups excluding carboxylic acids is 1. The van der Waals surface area contributed by atoms with Crippen molar-refractivity contribution in [1.82, 2.24) is 4.90 Å². The highest BCUT2D eigenvalue weighted by molar-refractivity contribution is 6.34. The molecular weight excluding hydrogens is 225 g/mol. The first-order valence-corrected chi connectivity index (χ1v) is 4.60. The van der Waals surface area contributed by atoms with Crippen LogP contribution in [-0.4, -0.2) is 25.1 Å². The summed E-state index contributed by atoms with van der Waals surface area (Å²) >= 11 is 11.5. The van der Waals surface area contributed by atoms with Crippen LogP contribution in [0.3, 0.4) is 0 Å². The van der Waals surface area contributed by atoms with Gasteiger partial charge in [0.2, 0.25) is 0 Å². The molecule has 0 aliphatic carbocycles. The van der Waals surface area contributed by atoms with Crippen LogP contribution in [-0.2, 0) is 0 Å². The SMILES string of the molecule is CN(C)C(=O)Oc1cc(Cl)ccc1Cl. The summed E-state index contributed by atoms with van der Waals surface area (Å²) in [7, 11) is 3.17. The average Bonchev–Trinajstić information content (AvgIpc) is 2.11. The van der Waals surface area contributed by atoms with Gasteiger partial charge in [0.15, 0.2) is 5.75 Å². The minimum atomic E-state index is -0.492. The summed E-state index contributed by atoms with van der Waals surface area (Å²) in [4.78, 5) is 12.5. The van der Waals surface area contributed by atoms with Crippen LogP contribution < -0.4 is 4.74 Å². The molecule has 0 fully saturated rings. The fourth-order valence-corrected chi connectivity index (χ4v) is 1.06. The molecule has 0 saturated carbocycles. The van der Waals surface area contributed by atoms with Crippen molar-refractivity contribution in [1.29, 1.82) is 0 Å². The van der Waals surface area contributed by atoms with Crippen LogP contribution >= 0.6 is 23.2 Å². The third-order valence-corrected chi connectivity index (χ3v) is 2.00. The van der Waals surface area contributed by atoms with Gasteiger partial charge in [0.25, 0.3) is 0 Å². The van der Waals surface area contributed by atoms with E-state index in [1.807, 2.05) is 0 Å². The minimum Gasteiger partial charge on any atom is -0.409 e. The number of amides is 1. The summed E-state index contributed by atoms with van der Waals surface area (Å²) in [6, 6.07) is 4.68. The summed E-state index contributed by atoms with van der Waals surface area (Å²) in [5.74, 6) is 0.262. The van der Waals surface area contributed by atoms with E-state index in [0.717, 1.165) is 0 Å². The Kier molecular flexibility index (Phi) is 3.61. The van der Waals surface area contributed by atoms with E-state index in [4.69, 9.17) is 27.9 Å². The molecule has 5 heteroatoms. The fraction of sp³-hybridized carbons (Fsp3) is 0.222. The molecule has 0 aliphatic rings. The summed E-state index contributed by atoms with van der Waals surface area (Å²) in [6.45, 7) is 0. The highest BCUT2D eigenvalue weighted by Crippen LogP contribution is 2.27. The second-order valence-corrected chi connectivity index (χ2v) is 3.68. The molecule has 0 unspecified atom stereocenters. The van der Waals surface area contributed by atoms with Gasteiger partial charge in [0.05, 0.1) is 5.02 Å². The number of halogens is 2. The van der Waals surface area contributed by atoms with E-state index in [-0.39, 0.29) is 5.75 Å². The van der Waals surface area contributed by atoms with E-state index in [1.54, 1.807) is 26.2 Å². The van der Waals surface area contributed by atoms with E-state index in [1.165, 1.54) is 11.0 Å². The Morgan fingerprint density at radius 3 is 2.57 bits per heavy atom. The van der Waals surface area contributed by atoms with Gasteiger partial charge in [0.1, 0.15) is 0 Å². The molecule has 1 aromatic rings. The fourth-order valence-electron chi connectivity index (χ4n) is 0.741. The lowest BCUT2D eigenvalue weighted by atomic mass is 10.3. The predicted molar refractivity (Wildman–Crippen MR) is 56.2 cm³/mol. The topological polar surface area (TPSA) is 29.5 Å². The number of rotatable bonds is 1. The highest BCUT2D eigenvalue weighted by Gasteiger charge is 2.09. The summed E-state index contributed by atoms with van der Waals surface area (Å²) < 4.78 is 4.96. The number of benzene rings is 1. The summed E-state index contributed by atoms with van der Waals surface area (Å²) in [5, 5.41) is 0.820. The van der Waals surface area contributed by atoms with Gasteiger partial charge < -0.3 is 9.64 Å². The van der Waals surface area contributed by atoms with Gasteiger partial charge in [-0.25, -0.2) is 4.79 Å². The highest BCUT2D eigenvalue weighted by atomic mass is 35.5. The molecule has 0 aromatic heterocycles. The van der Waals surface area contributed by atoms with Gasteiger partial charge in [-0.15, -0.1) is 0 Å². The lowest BCUT2D eigenvalue weighted by Gasteiger charge is -2.11. The largest absolute Gasteiger partial charge is 0.414 e. The van der Waals surface area contributed by atoms with Crippen LogP contribution in [0.5, 0.6) is 5.75 Å². The molecule has 0 N–H and O–H groups in total. The number of nitrogens with zero attached hydrogens (tertiary/aromatic N) is 1. The van der Waals surface area contributed by atoms with Gasteiger partial charge in [-0.3, -0.25) is 0 Å². The first kappa shape index (κ1) is 11.1. The van der Waals surface area contributed by atoms with E-state index >= 15 is 0 Å². The van der Waals surface area contributed by atoms with Gasteiger partial charge in [-0.2, -0.15) is 0 Å². The second kappa shape index (κ2) is 4.53. The van der Waals surface area contributed by atoms with Crippen LogP contribution in [0.25, 0.3) is 0 Å². The van der Waals surface area contributed by atoms with Crippen LogP contribution in [0.2, 0.25) is 10.0 Å². The molecule has 1 amide bonds. The lowest BCUT2D eigenvalue weighted by molar-refractivity contribution is 0.172. The average molecular weight is 234 g/mol. The Bertz CT molecular complexity index is 353. The molecule has 0 spiro atoms. The molecule has 1 rings (SSSR count). The monoisotopic (exact) mass is 233 g/mol. The third kappa shape index (κ3) is 2.79. The molecule has 0 radical (unpaired) electrons. The maximum atomic E-state index is 11.2. The first-order chi connectivity index (χ1) is 6.50. The zero-order valence-corrected chi connectivity index (χ0v) is 9.26. The molecule has 0 heterocycles. The van der Waals surface area contributed by atoms with E-state index in [0.29, 0.717) is 10.0 Å². The second-order valence-electron chi connectivity index (χ2n) is 2.84. The van der Waals surface area contributed by atoms with Gasteiger partial charge in [-0.1, -0.05) is 23.2 Å². The third-order valence-electron chi connectivity index (χ3n) is 1.46. The molecule has 0 saturated heterocycles. The minimum absolute atomic E-state index is 0.262. The van der Waals surface area contributed by atoms with Crippen LogP contribution in [0.1, 0.15) is 0 Å². The lowest BCUT2D eigenvalue weighted by Crippen LogP contribution is -2.25. The standard InChI is InChI=1S/C9H9Cl2NO2/c1-12(2)9(13)14-8-5-6(10)3-4-7(8)11/h3-5H,1-2H3. The normalized spacial score (nSPS) is 9.71. The van der Waals surface area contributed by atoms with Crippen molar-refractivity contribution >= 4 is 29.3 Å². The Labute approximate surface area is 92.2 Å². The molecule has 3 nitrogen and oxygen atoms in total. The Morgan fingerprint density at radius 2 is 2.00 bits per heavy atom. The number of carbonyl (C=O) groups is 1. The Morgan fingerprint density at radius 1 is 1.36 bits per heavy atom. The predicted octanol–water partition coefficient (Wildman–Crippen LogP) is 3.05. The molecule has 0 aliphatic heterocycles. The van der Waals surface area contributed by atoms with Crippen molar-refractivity contribution < 1.29 is 9.53 Å². The maximum absolute atomic E-state index is 11.2. The van der Waals surface area contributed by atoms with E-state index in [9.17, 15) is 4.79 Å². The number of hydrogen-bond donors (Lipinski definition) is 0. The Hall–Kier alpha value is -0.930. The molecular formula is C9H9Cl2NO2. The van der Waals surface area contributed by atoms with Crippen molar-refractivity contribution in [3.8, 4) is 5.75 Å². The Balaban J connectivity index is 2.86. The van der Waals surface area contributed by atoms with Crippen LogP contribution in [0.15, 0.2) is 18.2 Å². The molecule has 14 heavy (non-hydrogen) atoms. The molecule has 1 aromatic carbocycles. The van der Waals surface area contributed by atoms with Crippen LogP contribution in [0, 0.1) is 0 Å². The van der Waals surface area contributed by atoms with Crippen molar-refractivity contribution in [2.24, 2.45) is 0 Å². The van der Waals surface area contributed by atoms with E-state index in [2.05, 4.69) is 0 Å². The number of hydrogen-bond acceptors (Lipinski definition) is 2. The summed E-state index contributed by atoms with van der Waals surface area (Å²) in [6.07, 6.45) is -0.492. The zero-order chi connectivity index (χ0) is 10.7. The maximum Gasteiger partial charge on any atom is 0.414 e. The quantitative estimate of drug-likeness (QED) is 0.747. The summed E-state index contributed by atoms with van der Waals surface area (Å²) in [5.41, 5.74) is 0. The zero-order valence-electron chi connectivity index (χ0n) is 7.75. The van der Waals surface area contributed by atoms with E-state index < -0.39 is 6.09 Å². The van der Waals surface area contributed by atoms with Crippen LogP contribution in [0.4, 0.5) is 4.79 Å². The molecule has 0 atom stereocenters. The van der Waals surface area contributed by atoms with Gasteiger partial charge >= 0.3 is 6.09 Å². The molecule has 76 valence electrons. The first-order valence-electron chi connectivity index (χ1n) is 3.85. The van der Waals surface area contributed by atoms with Crippen molar-refractivity contribution in [2.75, 3.05) is 14.1 Å². The smallest absolute Gasteiger partial charge is 0.409 e. The number of ether oxygens (including phenoxy) is 1. The van der Waals surface area contributed by atoms with Crippen molar-refractivity contribution in [3.63, 3.8) is 0 Å². The van der Waals surface area contributed by atoms with Gasteiger partial charge in [0, 0.05) is 25.2 Å². The van der Waals surface area contributed by atoms with Gasteiger partial charge in [-0.05, 0) is 12.1 Å². The van der Waals surface area contributed by atoms with Crippen molar-refractivity contribution in [3.05, 3.63) is 28.2 Å².